The lowest BCUT2D eigenvalue weighted by Gasteiger charge is -2.38. The van der Waals surface area contributed by atoms with E-state index in [0.29, 0.717) is 0 Å². The highest BCUT2D eigenvalue weighted by Gasteiger charge is 2.32. The molecule has 1 nitrogen and oxygen atoms in total. The van der Waals surface area contributed by atoms with Gasteiger partial charge in [0.1, 0.15) is 0 Å². The fourth-order valence-electron chi connectivity index (χ4n) is 3.13. The quantitative estimate of drug-likeness (QED) is 0.816. The Labute approximate surface area is 112 Å². The van der Waals surface area contributed by atoms with Crippen LogP contribution in [0.2, 0.25) is 0 Å². The second kappa shape index (κ2) is 5.05. The first kappa shape index (κ1) is 13.6. The van der Waals surface area contributed by atoms with E-state index in [4.69, 9.17) is 0 Å². The van der Waals surface area contributed by atoms with Gasteiger partial charge in [-0.15, -0.1) is 0 Å². The molecule has 0 bridgehead atoms. The van der Waals surface area contributed by atoms with Crippen LogP contribution < -0.4 is 5.32 Å². The number of hydrogen-bond donors (Lipinski definition) is 1. The molecule has 1 fully saturated rings. The van der Waals surface area contributed by atoms with Crippen LogP contribution in [0.5, 0.6) is 0 Å². The fourth-order valence-corrected chi connectivity index (χ4v) is 3.13. The van der Waals surface area contributed by atoms with E-state index in [9.17, 15) is 0 Å². The third-order valence-corrected chi connectivity index (χ3v) is 4.49. The Balaban J connectivity index is 2.27. The Morgan fingerprint density at radius 3 is 1.94 bits per heavy atom. The molecule has 1 saturated carbocycles. The second-order valence-corrected chi connectivity index (χ2v) is 6.72. The van der Waals surface area contributed by atoms with E-state index >= 15 is 0 Å². The summed E-state index contributed by atoms with van der Waals surface area (Å²) in [7, 11) is 2.11. The molecule has 0 heterocycles. The molecule has 18 heavy (non-hydrogen) atoms. The maximum Gasteiger partial charge on any atom is 0.0432 e. The SMILES string of the molecule is CNC1(c2ccc(C(C)(C)C)cc2)CCCCC1. The molecule has 1 aromatic carbocycles. The minimum absolute atomic E-state index is 0.231. The van der Waals surface area contributed by atoms with Crippen molar-refractivity contribution in [2.45, 2.75) is 63.8 Å². The van der Waals surface area contributed by atoms with Gasteiger partial charge in [0.15, 0.2) is 0 Å². The Morgan fingerprint density at radius 1 is 0.944 bits per heavy atom. The minimum atomic E-state index is 0.231. The van der Waals surface area contributed by atoms with Crippen LogP contribution in [-0.4, -0.2) is 7.05 Å². The van der Waals surface area contributed by atoms with Gasteiger partial charge in [-0.25, -0.2) is 0 Å². The van der Waals surface area contributed by atoms with Crippen LogP contribution in [0.15, 0.2) is 24.3 Å². The molecule has 1 aliphatic carbocycles. The zero-order valence-corrected chi connectivity index (χ0v) is 12.3. The Hall–Kier alpha value is -0.820. The monoisotopic (exact) mass is 245 g/mol. The summed E-state index contributed by atoms with van der Waals surface area (Å²) in [5.41, 5.74) is 3.37. The molecule has 0 aliphatic heterocycles. The van der Waals surface area contributed by atoms with Crippen molar-refractivity contribution >= 4 is 0 Å². The lowest BCUT2D eigenvalue weighted by molar-refractivity contribution is 0.250. The van der Waals surface area contributed by atoms with E-state index in [1.807, 2.05) is 0 Å². The predicted molar refractivity (Wildman–Crippen MR) is 79.0 cm³/mol. The summed E-state index contributed by atoms with van der Waals surface area (Å²) in [4.78, 5) is 0. The number of benzene rings is 1. The number of hydrogen-bond acceptors (Lipinski definition) is 1. The first-order valence-electron chi connectivity index (χ1n) is 7.28. The molecule has 1 N–H and O–H groups in total. The van der Waals surface area contributed by atoms with Gasteiger partial charge in [-0.05, 0) is 36.4 Å². The van der Waals surface area contributed by atoms with Crippen LogP contribution >= 0.6 is 0 Å². The van der Waals surface area contributed by atoms with Crippen LogP contribution in [-0.2, 0) is 11.0 Å². The highest BCUT2D eigenvalue weighted by molar-refractivity contribution is 5.32. The molecule has 1 aliphatic rings. The van der Waals surface area contributed by atoms with Gasteiger partial charge in [-0.2, -0.15) is 0 Å². The third-order valence-electron chi connectivity index (χ3n) is 4.49. The largest absolute Gasteiger partial charge is 0.310 e. The lowest BCUT2D eigenvalue weighted by Crippen LogP contribution is -2.41. The summed E-state index contributed by atoms with van der Waals surface area (Å²) in [6.45, 7) is 6.82. The second-order valence-electron chi connectivity index (χ2n) is 6.72. The molecule has 0 unspecified atom stereocenters. The number of nitrogens with one attached hydrogen (secondary N) is 1. The molecule has 0 radical (unpaired) electrons. The Kier molecular flexibility index (Phi) is 3.82. The van der Waals surface area contributed by atoms with Crippen molar-refractivity contribution in [3.05, 3.63) is 35.4 Å². The third kappa shape index (κ3) is 2.61. The van der Waals surface area contributed by atoms with Gasteiger partial charge >= 0.3 is 0 Å². The zero-order valence-electron chi connectivity index (χ0n) is 12.3. The lowest BCUT2D eigenvalue weighted by atomic mass is 9.75. The first-order chi connectivity index (χ1) is 8.48. The standard InChI is InChI=1S/C17H27N/c1-16(2,3)14-8-10-15(11-9-14)17(18-4)12-6-5-7-13-17/h8-11,18H,5-7,12-13H2,1-4H3. The van der Waals surface area contributed by atoms with Crippen LogP contribution in [0.4, 0.5) is 0 Å². The average Bonchev–Trinajstić information content (AvgIpc) is 2.39. The summed E-state index contributed by atoms with van der Waals surface area (Å²) in [5.74, 6) is 0. The summed E-state index contributed by atoms with van der Waals surface area (Å²) in [6, 6.07) is 9.29. The van der Waals surface area contributed by atoms with Crippen molar-refractivity contribution < 1.29 is 0 Å². The van der Waals surface area contributed by atoms with Crippen molar-refractivity contribution in [1.29, 1.82) is 0 Å². The highest BCUT2D eigenvalue weighted by atomic mass is 14.9. The van der Waals surface area contributed by atoms with Crippen molar-refractivity contribution in [3.63, 3.8) is 0 Å². The van der Waals surface area contributed by atoms with Crippen LogP contribution in [0, 0.1) is 0 Å². The highest BCUT2D eigenvalue weighted by Crippen LogP contribution is 2.37. The van der Waals surface area contributed by atoms with E-state index < -0.39 is 0 Å². The first-order valence-corrected chi connectivity index (χ1v) is 7.28. The average molecular weight is 245 g/mol. The van der Waals surface area contributed by atoms with E-state index in [1.165, 1.54) is 43.2 Å². The molecule has 2 rings (SSSR count). The van der Waals surface area contributed by atoms with Gasteiger partial charge in [0.2, 0.25) is 0 Å². The summed E-state index contributed by atoms with van der Waals surface area (Å²) in [5, 5.41) is 3.59. The maximum atomic E-state index is 3.59. The molecular weight excluding hydrogens is 218 g/mol. The van der Waals surface area contributed by atoms with E-state index in [2.05, 4.69) is 57.4 Å². The smallest absolute Gasteiger partial charge is 0.0432 e. The summed E-state index contributed by atoms with van der Waals surface area (Å²) >= 11 is 0. The van der Waals surface area contributed by atoms with Crippen LogP contribution in [0.3, 0.4) is 0 Å². The molecule has 0 spiro atoms. The van der Waals surface area contributed by atoms with Crippen molar-refractivity contribution in [2.24, 2.45) is 0 Å². The van der Waals surface area contributed by atoms with Crippen LogP contribution in [0.25, 0.3) is 0 Å². The molecule has 1 heteroatoms. The minimum Gasteiger partial charge on any atom is -0.310 e. The van der Waals surface area contributed by atoms with E-state index in [0.717, 1.165) is 0 Å². The van der Waals surface area contributed by atoms with E-state index in [1.54, 1.807) is 0 Å². The molecule has 0 aromatic heterocycles. The molecule has 0 amide bonds. The van der Waals surface area contributed by atoms with Crippen molar-refractivity contribution in [2.75, 3.05) is 7.05 Å². The topological polar surface area (TPSA) is 12.0 Å². The van der Waals surface area contributed by atoms with E-state index in [-0.39, 0.29) is 11.0 Å². The van der Waals surface area contributed by atoms with Gasteiger partial charge in [-0.3, -0.25) is 0 Å². The Morgan fingerprint density at radius 2 is 1.50 bits per heavy atom. The normalized spacial score (nSPS) is 19.8. The zero-order chi connectivity index (χ0) is 13.2. The van der Waals surface area contributed by atoms with Crippen LogP contribution in [0.1, 0.15) is 64.0 Å². The molecule has 0 atom stereocenters. The van der Waals surface area contributed by atoms with Crippen molar-refractivity contribution in [1.82, 2.24) is 5.32 Å². The van der Waals surface area contributed by atoms with Gasteiger partial charge in [-0.1, -0.05) is 64.3 Å². The maximum absolute atomic E-state index is 3.59. The predicted octanol–water partition coefficient (Wildman–Crippen LogP) is 4.36. The molecular formula is C17H27N. The Bertz CT molecular complexity index is 377. The van der Waals surface area contributed by atoms with Gasteiger partial charge in [0, 0.05) is 5.54 Å². The molecule has 1 aromatic rings. The summed E-state index contributed by atoms with van der Waals surface area (Å²) in [6.07, 6.45) is 6.64. The number of rotatable bonds is 2. The fraction of sp³-hybridized carbons (Fsp3) is 0.647. The van der Waals surface area contributed by atoms with Gasteiger partial charge < -0.3 is 5.32 Å². The van der Waals surface area contributed by atoms with Gasteiger partial charge in [0.25, 0.3) is 0 Å². The molecule has 0 saturated heterocycles. The summed E-state index contributed by atoms with van der Waals surface area (Å²) < 4.78 is 0. The molecule has 100 valence electrons. The van der Waals surface area contributed by atoms with Gasteiger partial charge in [0.05, 0.1) is 0 Å². The van der Waals surface area contributed by atoms with Crippen molar-refractivity contribution in [3.8, 4) is 0 Å².